The Bertz CT molecular complexity index is 368. The molecule has 0 aromatic carbocycles. The third-order valence-electron chi connectivity index (χ3n) is 3.16. The lowest BCUT2D eigenvalue weighted by molar-refractivity contribution is -0.0295. The van der Waals surface area contributed by atoms with Crippen LogP contribution < -0.4 is 5.32 Å². The van der Waals surface area contributed by atoms with Crippen LogP contribution in [0.1, 0.15) is 17.1 Å². The van der Waals surface area contributed by atoms with Crippen LogP contribution in [0, 0.1) is 6.92 Å². The van der Waals surface area contributed by atoms with E-state index in [0.29, 0.717) is 6.79 Å². The van der Waals surface area contributed by atoms with E-state index in [2.05, 4.69) is 15.7 Å². The Morgan fingerprint density at radius 2 is 2.60 bits per heavy atom. The molecule has 0 radical (unpaired) electrons. The third kappa shape index (κ3) is 1.42. The van der Waals surface area contributed by atoms with Crippen molar-refractivity contribution in [1.82, 2.24) is 10.3 Å². The SMILES string of the molecule is Cc1nc([C@]23CCNC[C@H]2OCO3)cs1. The van der Waals surface area contributed by atoms with Gasteiger partial charge in [0.25, 0.3) is 0 Å². The first kappa shape index (κ1) is 9.72. The van der Waals surface area contributed by atoms with Gasteiger partial charge in [-0.1, -0.05) is 0 Å². The Balaban J connectivity index is 1.99. The number of piperidine rings is 1. The van der Waals surface area contributed by atoms with Gasteiger partial charge in [-0.15, -0.1) is 11.3 Å². The molecular formula is C10H14N2O2S. The zero-order valence-corrected chi connectivity index (χ0v) is 9.47. The number of fused-ring (bicyclic) bond motifs is 1. The van der Waals surface area contributed by atoms with Crippen LogP contribution in [0.3, 0.4) is 0 Å². The number of aromatic nitrogens is 1. The quantitative estimate of drug-likeness (QED) is 0.776. The molecule has 2 atom stereocenters. The van der Waals surface area contributed by atoms with Crippen LogP contribution in [0.25, 0.3) is 0 Å². The average Bonchev–Trinajstić information content (AvgIpc) is 2.83. The van der Waals surface area contributed by atoms with Crippen molar-refractivity contribution in [1.29, 1.82) is 0 Å². The van der Waals surface area contributed by atoms with E-state index in [1.165, 1.54) is 0 Å². The Kier molecular flexibility index (Phi) is 2.28. The van der Waals surface area contributed by atoms with Crippen molar-refractivity contribution in [2.75, 3.05) is 19.9 Å². The summed E-state index contributed by atoms with van der Waals surface area (Å²) in [5.74, 6) is 0. The molecule has 2 aliphatic rings. The molecule has 4 nitrogen and oxygen atoms in total. The van der Waals surface area contributed by atoms with Crippen LogP contribution in [0.5, 0.6) is 0 Å². The molecule has 1 aromatic heterocycles. The lowest BCUT2D eigenvalue weighted by atomic mass is 9.87. The number of rotatable bonds is 1. The normalized spacial score (nSPS) is 35.4. The summed E-state index contributed by atoms with van der Waals surface area (Å²) >= 11 is 1.67. The van der Waals surface area contributed by atoms with Gasteiger partial charge in [0.15, 0.2) is 0 Å². The summed E-state index contributed by atoms with van der Waals surface area (Å²) in [6.07, 6.45) is 1.06. The van der Waals surface area contributed by atoms with E-state index < -0.39 is 0 Å². The largest absolute Gasteiger partial charge is 0.347 e. The number of ether oxygens (including phenoxy) is 2. The van der Waals surface area contributed by atoms with E-state index in [9.17, 15) is 0 Å². The van der Waals surface area contributed by atoms with Gasteiger partial charge in [0.1, 0.15) is 18.5 Å². The van der Waals surface area contributed by atoms with Gasteiger partial charge in [0, 0.05) is 11.9 Å². The summed E-state index contributed by atoms with van der Waals surface area (Å²) < 4.78 is 11.4. The van der Waals surface area contributed by atoms with Crippen LogP contribution in [0.15, 0.2) is 5.38 Å². The predicted octanol–water partition coefficient (Wildman–Crippen LogP) is 1.01. The zero-order chi connectivity index (χ0) is 10.3. The highest BCUT2D eigenvalue weighted by Crippen LogP contribution is 2.40. The number of thiazole rings is 1. The van der Waals surface area contributed by atoms with Gasteiger partial charge in [-0.2, -0.15) is 0 Å². The first-order valence-electron chi connectivity index (χ1n) is 5.20. The van der Waals surface area contributed by atoms with Crippen molar-refractivity contribution in [3.05, 3.63) is 16.1 Å². The van der Waals surface area contributed by atoms with E-state index in [4.69, 9.17) is 9.47 Å². The maximum atomic E-state index is 5.83. The molecule has 2 saturated heterocycles. The molecule has 0 saturated carbocycles. The second-order valence-corrected chi connectivity index (χ2v) is 5.08. The fraction of sp³-hybridized carbons (Fsp3) is 0.700. The molecule has 3 heterocycles. The summed E-state index contributed by atoms with van der Waals surface area (Å²) in [5.41, 5.74) is 0.768. The van der Waals surface area contributed by atoms with E-state index in [1.807, 2.05) is 6.92 Å². The van der Waals surface area contributed by atoms with E-state index >= 15 is 0 Å². The standard InChI is InChI=1S/C10H14N2O2S/c1-7-12-8(5-15-7)10-2-3-11-4-9(10)13-6-14-10/h5,9,11H,2-4,6H2,1H3/t9-,10-/m1/s1. The Morgan fingerprint density at radius 1 is 1.67 bits per heavy atom. The molecule has 15 heavy (non-hydrogen) atoms. The van der Waals surface area contributed by atoms with Crippen LogP contribution in [0.4, 0.5) is 0 Å². The minimum Gasteiger partial charge on any atom is -0.347 e. The van der Waals surface area contributed by atoms with Gasteiger partial charge < -0.3 is 14.8 Å². The lowest BCUT2D eigenvalue weighted by Crippen LogP contribution is -2.50. The molecule has 3 rings (SSSR count). The highest BCUT2D eigenvalue weighted by Gasteiger charge is 2.50. The molecular weight excluding hydrogens is 212 g/mol. The predicted molar refractivity (Wildman–Crippen MR) is 56.8 cm³/mol. The van der Waals surface area contributed by atoms with Crippen LogP contribution >= 0.6 is 11.3 Å². The molecule has 0 aliphatic carbocycles. The maximum absolute atomic E-state index is 5.83. The summed E-state index contributed by atoms with van der Waals surface area (Å²) in [7, 11) is 0. The summed E-state index contributed by atoms with van der Waals surface area (Å²) in [5, 5.41) is 6.52. The average molecular weight is 226 g/mol. The molecule has 2 aliphatic heterocycles. The topological polar surface area (TPSA) is 43.4 Å². The van der Waals surface area contributed by atoms with Crippen molar-refractivity contribution in [2.24, 2.45) is 0 Å². The minimum absolute atomic E-state index is 0.118. The molecule has 0 spiro atoms. The fourth-order valence-electron chi connectivity index (χ4n) is 2.34. The van der Waals surface area contributed by atoms with Crippen LogP contribution in [-0.4, -0.2) is 31.0 Å². The molecule has 2 fully saturated rings. The molecule has 1 aromatic rings. The zero-order valence-electron chi connectivity index (χ0n) is 8.66. The summed E-state index contributed by atoms with van der Waals surface area (Å²) in [4.78, 5) is 4.55. The second kappa shape index (κ2) is 3.52. The van der Waals surface area contributed by atoms with Crippen molar-refractivity contribution < 1.29 is 9.47 Å². The van der Waals surface area contributed by atoms with Crippen LogP contribution in [0.2, 0.25) is 0 Å². The van der Waals surface area contributed by atoms with Crippen molar-refractivity contribution in [3.8, 4) is 0 Å². The molecule has 0 unspecified atom stereocenters. The minimum atomic E-state index is -0.282. The van der Waals surface area contributed by atoms with Crippen molar-refractivity contribution >= 4 is 11.3 Å². The summed E-state index contributed by atoms with van der Waals surface area (Å²) in [6, 6.07) is 0. The Hall–Kier alpha value is -0.490. The van der Waals surface area contributed by atoms with Crippen LogP contribution in [-0.2, 0) is 15.1 Å². The first-order valence-corrected chi connectivity index (χ1v) is 6.08. The Labute approximate surface area is 92.6 Å². The molecule has 0 bridgehead atoms. The van der Waals surface area contributed by atoms with Gasteiger partial charge in [-0.3, -0.25) is 0 Å². The number of aryl methyl sites for hydroxylation is 1. The third-order valence-corrected chi connectivity index (χ3v) is 3.93. The molecule has 0 amide bonds. The smallest absolute Gasteiger partial charge is 0.148 e. The fourth-order valence-corrected chi connectivity index (χ4v) is 3.02. The molecule has 82 valence electrons. The number of nitrogens with zero attached hydrogens (tertiary/aromatic N) is 1. The summed E-state index contributed by atoms with van der Waals surface area (Å²) in [6.45, 7) is 4.24. The number of hydrogen-bond donors (Lipinski definition) is 1. The van der Waals surface area contributed by atoms with Gasteiger partial charge in [-0.05, 0) is 19.9 Å². The molecule has 1 N–H and O–H groups in total. The number of nitrogens with one attached hydrogen (secondary N) is 1. The second-order valence-electron chi connectivity index (χ2n) is 4.01. The van der Waals surface area contributed by atoms with Gasteiger partial charge >= 0.3 is 0 Å². The van der Waals surface area contributed by atoms with Gasteiger partial charge in [-0.25, -0.2) is 4.98 Å². The highest BCUT2D eigenvalue weighted by atomic mass is 32.1. The first-order chi connectivity index (χ1) is 7.31. The van der Waals surface area contributed by atoms with E-state index in [1.54, 1.807) is 11.3 Å². The lowest BCUT2D eigenvalue weighted by Gasteiger charge is -2.35. The van der Waals surface area contributed by atoms with E-state index in [-0.39, 0.29) is 11.7 Å². The van der Waals surface area contributed by atoms with Gasteiger partial charge in [0.05, 0.1) is 10.7 Å². The van der Waals surface area contributed by atoms with Crippen molar-refractivity contribution in [2.45, 2.75) is 25.0 Å². The molecule has 5 heteroatoms. The number of hydrogen-bond acceptors (Lipinski definition) is 5. The van der Waals surface area contributed by atoms with Gasteiger partial charge in [0.2, 0.25) is 0 Å². The maximum Gasteiger partial charge on any atom is 0.148 e. The van der Waals surface area contributed by atoms with Crippen molar-refractivity contribution in [3.63, 3.8) is 0 Å². The monoisotopic (exact) mass is 226 g/mol. The Morgan fingerprint density at radius 3 is 3.40 bits per heavy atom. The van der Waals surface area contributed by atoms with E-state index in [0.717, 1.165) is 30.2 Å². The highest BCUT2D eigenvalue weighted by molar-refractivity contribution is 7.09.